The maximum atomic E-state index is 9.96. The van der Waals surface area contributed by atoms with Gasteiger partial charge in [-0.25, -0.2) is 0 Å². The van der Waals surface area contributed by atoms with Gasteiger partial charge in [0.15, 0.2) is 0 Å². The van der Waals surface area contributed by atoms with Crippen molar-refractivity contribution in [2.75, 3.05) is 13.2 Å². The van der Waals surface area contributed by atoms with Crippen molar-refractivity contribution < 1.29 is 9.84 Å². The van der Waals surface area contributed by atoms with Crippen molar-refractivity contribution >= 4 is 27.3 Å². The molecule has 1 atom stereocenters. The summed E-state index contributed by atoms with van der Waals surface area (Å²) in [4.78, 5) is 1.24. The first kappa shape index (κ1) is 16.5. The van der Waals surface area contributed by atoms with Crippen LogP contribution in [0.4, 0.5) is 0 Å². The summed E-state index contributed by atoms with van der Waals surface area (Å²) < 4.78 is 6.79. The molecule has 0 fully saturated rings. The van der Waals surface area contributed by atoms with Gasteiger partial charge in [-0.2, -0.15) is 0 Å². The zero-order chi connectivity index (χ0) is 15.2. The Morgan fingerprint density at radius 3 is 2.86 bits per heavy atom. The molecule has 21 heavy (non-hydrogen) atoms. The molecule has 0 saturated carbocycles. The van der Waals surface area contributed by atoms with Crippen LogP contribution < -0.4 is 10.1 Å². The van der Waals surface area contributed by atoms with E-state index in [2.05, 4.69) is 38.8 Å². The molecule has 0 spiro atoms. The Kier molecular flexibility index (Phi) is 6.23. The highest BCUT2D eigenvalue weighted by Crippen LogP contribution is 2.20. The van der Waals surface area contributed by atoms with Crippen molar-refractivity contribution in [3.05, 3.63) is 50.1 Å². The van der Waals surface area contributed by atoms with Crippen LogP contribution in [-0.2, 0) is 6.54 Å². The minimum absolute atomic E-state index is 0.297. The average molecular weight is 370 g/mol. The highest BCUT2D eigenvalue weighted by molar-refractivity contribution is 9.10. The molecule has 2 N–H and O–H groups in total. The van der Waals surface area contributed by atoms with Crippen molar-refractivity contribution in [2.45, 2.75) is 26.5 Å². The standard InChI is InChI=1S/C16H20BrNO2S/c1-11-3-4-12(2)16(5-11)20-9-14(19)7-18-8-15-6-13(17)10-21-15/h3-6,10,14,18-19H,7-9H2,1-2H3. The van der Waals surface area contributed by atoms with Crippen LogP contribution in [0.1, 0.15) is 16.0 Å². The first-order valence-corrected chi connectivity index (χ1v) is 8.53. The Hall–Kier alpha value is -0.880. The van der Waals surface area contributed by atoms with E-state index in [4.69, 9.17) is 4.74 Å². The van der Waals surface area contributed by atoms with Crippen LogP contribution in [0.25, 0.3) is 0 Å². The van der Waals surface area contributed by atoms with Crippen LogP contribution in [0.3, 0.4) is 0 Å². The van der Waals surface area contributed by atoms with Gasteiger partial charge in [-0.05, 0) is 53.0 Å². The van der Waals surface area contributed by atoms with Crippen LogP contribution in [0.5, 0.6) is 5.75 Å². The lowest BCUT2D eigenvalue weighted by atomic mass is 10.1. The molecule has 1 aromatic heterocycles. The lowest BCUT2D eigenvalue weighted by molar-refractivity contribution is 0.106. The number of aliphatic hydroxyl groups excluding tert-OH is 1. The number of aliphatic hydroxyl groups is 1. The third-order valence-electron chi connectivity index (χ3n) is 3.08. The number of thiophene rings is 1. The SMILES string of the molecule is Cc1ccc(C)c(OCC(O)CNCc2cc(Br)cs2)c1. The van der Waals surface area contributed by atoms with Crippen molar-refractivity contribution in [2.24, 2.45) is 0 Å². The fraction of sp³-hybridized carbons (Fsp3) is 0.375. The van der Waals surface area contributed by atoms with Crippen molar-refractivity contribution in [1.82, 2.24) is 5.32 Å². The summed E-state index contributed by atoms with van der Waals surface area (Å²) in [6, 6.07) is 8.17. The zero-order valence-electron chi connectivity index (χ0n) is 12.2. The Morgan fingerprint density at radius 2 is 2.14 bits per heavy atom. The molecule has 0 aliphatic rings. The monoisotopic (exact) mass is 369 g/mol. The Balaban J connectivity index is 1.72. The largest absolute Gasteiger partial charge is 0.491 e. The first-order chi connectivity index (χ1) is 10.0. The lowest BCUT2D eigenvalue weighted by Crippen LogP contribution is -2.31. The van der Waals surface area contributed by atoms with Gasteiger partial charge in [-0.1, -0.05) is 12.1 Å². The average Bonchev–Trinajstić information content (AvgIpc) is 2.85. The summed E-state index contributed by atoms with van der Waals surface area (Å²) in [5.74, 6) is 0.844. The predicted octanol–water partition coefficient (Wildman–Crippen LogP) is 3.66. The lowest BCUT2D eigenvalue weighted by Gasteiger charge is -2.14. The van der Waals surface area contributed by atoms with Crippen LogP contribution >= 0.6 is 27.3 Å². The maximum absolute atomic E-state index is 9.96. The van der Waals surface area contributed by atoms with Gasteiger partial charge in [-0.3, -0.25) is 0 Å². The molecule has 1 aromatic carbocycles. The Morgan fingerprint density at radius 1 is 1.33 bits per heavy atom. The van der Waals surface area contributed by atoms with E-state index < -0.39 is 6.10 Å². The van der Waals surface area contributed by atoms with E-state index in [-0.39, 0.29) is 0 Å². The number of hydrogen-bond acceptors (Lipinski definition) is 4. The predicted molar refractivity (Wildman–Crippen MR) is 91.1 cm³/mol. The van der Waals surface area contributed by atoms with Crippen LogP contribution in [-0.4, -0.2) is 24.4 Å². The highest BCUT2D eigenvalue weighted by atomic mass is 79.9. The van der Waals surface area contributed by atoms with Gasteiger partial charge in [0.25, 0.3) is 0 Å². The molecule has 2 aromatic rings. The number of benzene rings is 1. The molecule has 0 aliphatic heterocycles. The second-order valence-electron chi connectivity index (χ2n) is 5.10. The normalized spacial score (nSPS) is 12.4. The molecule has 2 rings (SSSR count). The van der Waals surface area contributed by atoms with E-state index >= 15 is 0 Å². The summed E-state index contributed by atoms with van der Waals surface area (Å²) >= 11 is 5.12. The van der Waals surface area contributed by atoms with E-state index in [9.17, 15) is 5.11 Å². The second-order valence-corrected chi connectivity index (χ2v) is 7.01. The fourth-order valence-corrected chi connectivity index (χ4v) is 3.34. The Labute approximate surface area is 138 Å². The second kappa shape index (κ2) is 7.94. The number of nitrogens with one attached hydrogen (secondary N) is 1. The molecule has 1 heterocycles. The topological polar surface area (TPSA) is 41.5 Å². The minimum atomic E-state index is -0.520. The van der Waals surface area contributed by atoms with Crippen molar-refractivity contribution in [1.29, 1.82) is 0 Å². The van der Waals surface area contributed by atoms with Gasteiger partial charge in [0, 0.05) is 27.8 Å². The van der Waals surface area contributed by atoms with Gasteiger partial charge in [-0.15, -0.1) is 11.3 Å². The summed E-state index contributed by atoms with van der Waals surface area (Å²) in [6.07, 6.45) is -0.520. The third-order valence-corrected chi connectivity index (χ3v) is 4.77. The van der Waals surface area contributed by atoms with Gasteiger partial charge < -0.3 is 15.2 Å². The number of aryl methyl sites for hydroxylation is 2. The maximum Gasteiger partial charge on any atom is 0.122 e. The van der Waals surface area contributed by atoms with E-state index in [1.165, 1.54) is 4.88 Å². The molecule has 5 heteroatoms. The molecule has 3 nitrogen and oxygen atoms in total. The van der Waals surface area contributed by atoms with E-state index in [0.29, 0.717) is 13.2 Å². The van der Waals surface area contributed by atoms with Gasteiger partial charge in [0.05, 0.1) is 0 Å². The van der Waals surface area contributed by atoms with Gasteiger partial charge in [0.1, 0.15) is 18.5 Å². The molecular weight excluding hydrogens is 350 g/mol. The molecular formula is C16H20BrNO2S. The molecule has 0 radical (unpaired) electrons. The number of hydrogen-bond donors (Lipinski definition) is 2. The summed E-state index contributed by atoms with van der Waals surface area (Å²) in [7, 11) is 0. The molecule has 0 amide bonds. The molecule has 1 unspecified atom stereocenters. The quantitative estimate of drug-likeness (QED) is 0.782. The van der Waals surface area contributed by atoms with Gasteiger partial charge in [0.2, 0.25) is 0 Å². The van der Waals surface area contributed by atoms with E-state index in [0.717, 1.165) is 27.9 Å². The highest BCUT2D eigenvalue weighted by Gasteiger charge is 2.07. The van der Waals surface area contributed by atoms with E-state index in [1.807, 2.05) is 26.0 Å². The smallest absolute Gasteiger partial charge is 0.122 e. The molecule has 114 valence electrons. The van der Waals surface area contributed by atoms with Crippen LogP contribution in [0.2, 0.25) is 0 Å². The van der Waals surface area contributed by atoms with E-state index in [1.54, 1.807) is 11.3 Å². The molecule has 0 saturated heterocycles. The van der Waals surface area contributed by atoms with Crippen molar-refractivity contribution in [3.8, 4) is 5.75 Å². The summed E-state index contributed by atoms with van der Waals surface area (Å²) in [6.45, 7) is 5.61. The third kappa shape index (κ3) is 5.43. The van der Waals surface area contributed by atoms with Crippen molar-refractivity contribution in [3.63, 3.8) is 0 Å². The van der Waals surface area contributed by atoms with Crippen LogP contribution in [0, 0.1) is 13.8 Å². The molecule has 0 bridgehead atoms. The number of rotatable bonds is 7. The van der Waals surface area contributed by atoms with Gasteiger partial charge >= 0.3 is 0 Å². The summed E-state index contributed by atoms with van der Waals surface area (Å²) in [5, 5.41) is 15.2. The first-order valence-electron chi connectivity index (χ1n) is 6.86. The van der Waals surface area contributed by atoms with Crippen LogP contribution in [0.15, 0.2) is 34.1 Å². The zero-order valence-corrected chi connectivity index (χ0v) is 14.6. The fourth-order valence-electron chi connectivity index (χ4n) is 1.92. The molecule has 0 aliphatic carbocycles. The summed E-state index contributed by atoms with van der Waals surface area (Å²) in [5.41, 5.74) is 2.25. The Bertz CT molecular complexity index is 585. The number of halogens is 1. The number of ether oxygens (including phenoxy) is 1. The minimum Gasteiger partial charge on any atom is -0.491 e.